The average molecular weight is 511 g/mol. The van der Waals surface area contributed by atoms with Gasteiger partial charge in [-0.2, -0.15) is 0 Å². The molecule has 0 saturated heterocycles. The van der Waals surface area contributed by atoms with Gasteiger partial charge in [-0.25, -0.2) is 8.42 Å². The summed E-state index contributed by atoms with van der Waals surface area (Å²) in [6.45, 7) is 3.12. The lowest BCUT2D eigenvalue weighted by molar-refractivity contribution is -0.120. The van der Waals surface area contributed by atoms with E-state index in [4.69, 9.17) is 18.9 Å². The van der Waals surface area contributed by atoms with Gasteiger partial charge in [0.1, 0.15) is 33.0 Å². The fraction of sp³-hybridized carbons (Fsp3) is 0.269. The quantitative estimate of drug-likeness (QED) is 0.520. The highest BCUT2D eigenvalue weighted by molar-refractivity contribution is 7.92. The van der Waals surface area contributed by atoms with Gasteiger partial charge in [0.15, 0.2) is 23.0 Å². The maximum Gasteiger partial charge on any atom is 0.264 e. The number of benzene rings is 3. The van der Waals surface area contributed by atoms with Crippen molar-refractivity contribution >= 4 is 21.6 Å². The number of sulfonamides is 1. The maximum atomic E-state index is 13.6. The molecule has 0 bridgehead atoms. The van der Waals surface area contributed by atoms with E-state index in [1.165, 1.54) is 12.1 Å². The summed E-state index contributed by atoms with van der Waals surface area (Å²) < 4.78 is 50.7. The number of hydrogen-bond acceptors (Lipinski definition) is 7. The topological polar surface area (TPSA) is 103 Å². The number of anilines is 1. The molecule has 9 nitrogen and oxygen atoms in total. The zero-order chi connectivity index (χ0) is 25.1. The molecule has 0 aliphatic carbocycles. The number of fused-ring (bicyclic) bond motifs is 2. The number of nitrogens with zero attached hydrogens (tertiary/aromatic N) is 1. The molecule has 3 aromatic rings. The number of carbonyl (C=O) groups excluding carboxylic acids is 1. The highest BCUT2D eigenvalue weighted by atomic mass is 32.2. The SMILES string of the molecule is CC(NC(=O)CN(c1ccc2c(c1)OCCO2)S(=O)(=O)c1ccccc1)c1ccc2c(c1)OCCO2. The molecule has 188 valence electrons. The minimum Gasteiger partial charge on any atom is -0.486 e. The van der Waals surface area contributed by atoms with E-state index in [1.54, 1.807) is 42.5 Å². The van der Waals surface area contributed by atoms with Gasteiger partial charge < -0.3 is 24.3 Å². The third-order valence-electron chi connectivity index (χ3n) is 5.88. The van der Waals surface area contributed by atoms with E-state index in [-0.39, 0.29) is 4.90 Å². The van der Waals surface area contributed by atoms with Crippen molar-refractivity contribution in [3.05, 3.63) is 72.3 Å². The Labute approximate surface area is 209 Å². The van der Waals surface area contributed by atoms with Gasteiger partial charge in [0.05, 0.1) is 16.6 Å². The van der Waals surface area contributed by atoms with E-state index in [9.17, 15) is 13.2 Å². The van der Waals surface area contributed by atoms with Crippen molar-refractivity contribution in [2.75, 3.05) is 37.3 Å². The molecule has 36 heavy (non-hydrogen) atoms. The van der Waals surface area contributed by atoms with Crippen molar-refractivity contribution in [1.29, 1.82) is 0 Å². The second-order valence-corrected chi connectivity index (χ2v) is 10.2. The van der Waals surface area contributed by atoms with Gasteiger partial charge >= 0.3 is 0 Å². The van der Waals surface area contributed by atoms with Crippen LogP contribution < -0.4 is 28.6 Å². The van der Waals surface area contributed by atoms with Crippen molar-refractivity contribution in [2.24, 2.45) is 0 Å². The highest BCUT2D eigenvalue weighted by Gasteiger charge is 2.29. The van der Waals surface area contributed by atoms with Crippen LogP contribution in [0.4, 0.5) is 5.69 Å². The molecule has 0 radical (unpaired) electrons. The number of ether oxygens (including phenoxy) is 4. The molecule has 1 atom stereocenters. The predicted octanol–water partition coefficient (Wildman–Crippen LogP) is 3.30. The summed E-state index contributed by atoms with van der Waals surface area (Å²) in [7, 11) is -4.05. The van der Waals surface area contributed by atoms with E-state index in [0.717, 1.165) is 9.87 Å². The zero-order valence-electron chi connectivity index (χ0n) is 19.7. The van der Waals surface area contributed by atoms with Crippen molar-refractivity contribution in [2.45, 2.75) is 17.9 Å². The van der Waals surface area contributed by atoms with Gasteiger partial charge in [-0.15, -0.1) is 0 Å². The number of rotatable bonds is 7. The predicted molar refractivity (Wildman–Crippen MR) is 132 cm³/mol. The average Bonchev–Trinajstić information content (AvgIpc) is 2.91. The summed E-state index contributed by atoms with van der Waals surface area (Å²) in [6, 6.07) is 17.9. The van der Waals surface area contributed by atoms with Crippen LogP contribution in [-0.4, -0.2) is 47.3 Å². The summed E-state index contributed by atoms with van der Waals surface area (Å²) >= 11 is 0. The minimum absolute atomic E-state index is 0.0765. The standard InChI is InChI=1S/C26H26N2O7S/c1-18(19-7-9-22-24(15-19)34-13-11-32-22)27-26(29)17-28(36(30,31)21-5-3-2-4-6-21)20-8-10-23-25(16-20)35-14-12-33-23/h2-10,15-16,18H,11-14,17H2,1H3,(H,27,29). The molecule has 10 heteroatoms. The van der Waals surface area contributed by atoms with Crippen LogP contribution in [0.1, 0.15) is 18.5 Å². The van der Waals surface area contributed by atoms with Crippen LogP contribution in [0, 0.1) is 0 Å². The minimum atomic E-state index is -4.05. The van der Waals surface area contributed by atoms with Crippen LogP contribution >= 0.6 is 0 Å². The lowest BCUT2D eigenvalue weighted by Gasteiger charge is -2.27. The molecule has 0 spiro atoms. The van der Waals surface area contributed by atoms with Crippen molar-refractivity contribution < 1.29 is 32.2 Å². The molecule has 1 unspecified atom stereocenters. The first kappa shape index (κ1) is 23.8. The van der Waals surface area contributed by atoms with E-state index in [2.05, 4.69) is 5.32 Å². The first-order valence-electron chi connectivity index (χ1n) is 11.6. The van der Waals surface area contributed by atoms with E-state index >= 15 is 0 Å². The molecular formula is C26H26N2O7S. The molecule has 1 N–H and O–H groups in total. The summed E-state index contributed by atoms with van der Waals surface area (Å²) in [4.78, 5) is 13.2. The van der Waals surface area contributed by atoms with Gasteiger partial charge in [-0.05, 0) is 48.9 Å². The fourth-order valence-electron chi connectivity index (χ4n) is 4.05. The Kier molecular flexibility index (Phi) is 6.60. The van der Waals surface area contributed by atoms with E-state index < -0.39 is 28.5 Å². The first-order chi connectivity index (χ1) is 17.4. The molecule has 5 rings (SSSR count). The molecule has 0 saturated carbocycles. The second-order valence-electron chi connectivity index (χ2n) is 8.34. The van der Waals surface area contributed by atoms with Gasteiger partial charge in [-0.3, -0.25) is 9.10 Å². The summed E-state index contributed by atoms with van der Waals surface area (Å²) in [5, 5.41) is 2.89. The van der Waals surface area contributed by atoms with Gasteiger partial charge in [-0.1, -0.05) is 24.3 Å². The third-order valence-corrected chi connectivity index (χ3v) is 7.66. The molecular weight excluding hydrogens is 484 g/mol. The Bertz CT molecular complexity index is 1360. The Morgan fingerprint density at radius 1 is 0.833 bits per heavy atom. The highest BCUT2D eigenvalue weighted by Crippen LogP contribution is 2.36. The van der Waals surface area contributed by atoms with E-state index in [0.29, 0.717) is 55.1 Å². The van der Waals surface area contributed by atoms with Crippen LogP contribution in [0.2, 0.25) is 0 Å². The molecule has 3 aromatic carbocycles. The molecule has 2 heterocycles. The van der Waals surface area contributed by atoms with Crippen molar-refractivity contribution in [1.82, 2.24) is 5.32 Å². The smallest absolute Gasteiger partial charge is 0.264 e. The molecule has 0 aromatic heterocycles. The lowest BCUT2D eigenvalue weighted by atomic mass is 10.1. The van der Waals surface area contributed by atoms with Gasteiger partial charge in [0, 0.05) is 6.07 Å². The van der Waals surface area contributed by atoms with Crippen molar-refractivity contribution in [3.8, 4) is 23.0 Å². The zero-order valence-corrected chi connectivity index (χ0v) is 20.5. The van der Waals surface area contributed by atoms with Crippen LogP contribution in [0.15, 0.2) is 71.6 Å². The van der Waals surface area contributed by atoms with Crippen LogP contribution in [0.5, 0.6) is 23.0 Å². The van der Waals surface area contributed by atoms with E-state index in [1.807, 2.05) is 19.1 Å². The van der Waals surface area contributed by atoms with Crippen molar-refractivity contribution in [3.63, 3.8) is 0 Å². The normalized spacial score (nSPS) is 15.0. The number of carbonyl (C=O) groups is 1. The second kappa shape index (κ2) is 9.98. The van der Waals surface area contributed by atoms with Gasteiger partial charge in [0.25, 0.3) is 10.0 Å². The lowest BCUT2D eigenvalue weighted by Crippen LogP contribution is -2.41. The third kappa shape index (κ3) is 4.90. The van der Waals surface area contributed by atoms with Crippen LogP contribution in [0.3, 0.4) is 0 Å². The Hall–Kier alpha value is -3.92. The molecule has 0 fully saturated rings. The Morgan fingerprint density at radius 2 is 1.42 bits per heavy atom. The molecule has 2 aliphatic heterocycles. The summed E-state index contributed by atoms with van der Waals surface area (Å²) in [5.74, 6) is 1.76. The fourth-order valence-corrected chi connectivity index (χ4v) is 5.49. The maximum absolute atomic E-state index is 13.6. The molecule has 1 amide bonds. The van der Waals surface area contributed by atoms with Crippen LogP contribution in [0.25, 0.3) is 0 Å². The van der Waals surface area contributed by atoms with Crippen LogP contribution in [-0.2, 0) is 14.8 Å². The molecule has 2 aliphatic rings. The number of nitrogens with one attached hydrogen (secondary N) is 1. The Balaban J connectivity index is 1.40. The van der Waals surface area contributed by atoms with Gasteiger partial charge in [0.2, 0.25) is 5.91 Å². The summed E-state index contributed by atoms with van der Waals surface area (Å²) in [6.07, 6.45) is 0. The number of amides is 1. The Morgan fingerprint density at radius 3 is 2.08 bits per heavy atom. The monoisotopic (exact) mass is 510 g/mol. The summed E-state index contributed by atoms with van der Waals surface area (Å²) in [5.41, 5.74) is 1.11. The largest absolute Gasteiger partial charge is 0.486 e. The first-order valence-corrected chi connectivity index (χ1v) is 13.0. The number of hydrogen-bond donors (Lipinski definition) is 1.